The van der Waals surface area contributed by atoms with E-state index in [0.29, 0.717) is 0 Å². The van der Waals surface area contributed by atoms with Gasteiger partial charge in [-0.05, 0) is 0 Å². The second-order valence-corrected chi connectivity index (χ2v) is 2.34. The highest BCUT2D eigenvalue weighted by molar-refractivity contribution is 5.89. The number of nitrogens with zero attached hydrogens (tertiary/aromatic N) is 2. The molecule has 0 aliphatic heterocycles. The van der Waals surface area contributed by atoms with E-state index >= 15 is 0 Å². The van der Waals surface area contributed by atoms with E-state index in [1.165, 1.54) is 6.08 Å². The number of rotatable bonds is 3. The van der Waals surface area contributed by atoms with E-state index in [9.17, 15) is 18.0 Å². The van der Waals surface area contributed by atoms with Gasteiger partial charge in [0.1, 0.15) is 6.61 Å². The predicted molar refractivity (Wildman–Crippen MR) is 42.4 cm³/mol. The Balaban J connectivity index is 3.03. The van der Waals surface area contributed by atoms with Crippen molar-refractivity contribution in [2.45, 2.75) is 0 Å². The van der Waals surface area contributed by atoms with E-state index < -0.39 is 29.5 Å². The van der Waals surface area contributed by atoms with Crippen LogP contribution in [-0.2, 0) is 4.74 Å². The maximum absolute atomic E-state index is 12.8. The SMILES string of the molecule is C=CCOC(=O)c1c(F)nc(F)nc1F. The first-order chi connectivity index (χ1) is 7.06. The molecule has 0 N–H and O–H groups in total. The van der Waals surface area contributed by atoms with Crippen LogP contribution in [0.2, 0.25) is 0 Å². The number of esters is 1. The van der Waals surface area contributed by atoms with E-state index in [1.807, 2.05) is 0 Å². The Labute approximate surface area is 82.4 Å². The monoisotopic (exact) mass is 218 g/mol. The summed E-state index contributed by atoms with van der Waals surface area (Å²) in [6, 6.07) is 0. The van der Waals surface area contributed by atoms with Gasteiger partial charge in [0.15, 0.2) is 5.56 Å². The van der Waals surface area contributed by atoms with Crippen molar-refractivity contribution in [2.24, 2.45) is 0 Å². The molecule has 0 saturated carbocycles. The van der Waals surface area contributed by atoms with Crippen molar-refractivity contribution in [3.05, 3.63) is 36.2 Å². The number of hydrogen-bond donors (Lipinski definition) is 0. The zero-order valence-corrected chi connectivity index (χ0v) is 7.34. The smallest absolute Gasteiger partial charge is 0.347 e. The van der Waals surface area contributed by atoms with Crippen molar-refractivity contribution in [1.82, 2.24) is 9.97 Å². The lowest BCUT2D eigenvalue weighted by molar-refractivity contribution is 0.0535. The molecule has 1 aromatic heterocycles. The minimum atomic E-state index is -1.60. The fraction of sp³-hybridized carbons (Fsp3) is 0.125. The van der Waals surface area contributed by atoms with Crippen molar-refractivity contribution in [3.63, 3.8) is 0 Å². The summed E-state index contributed by atoms with van der Waals surface area (Å²) in [5.74, 6) is -4.52. The summed E-state index contributed by atoms with van der Waals surface area (Å²) >= 11 is 0. The third-order valence-electron chi connectivity index (χ3n) is 1.33. The van der Waals surface area contributed by atoms with Gasteiger partial charge >= 0.3 is 12.0 Å². The van der Waals surface area contributed by atoms with Crippen LogP contribution in [0.15, 0.2) is 12.7 Å². The summed E-state index contributed by atoms with van der Waals surface area (Å²) in [6.45, 7) is 3.00. The number of hydrogen-bond acceptors (Lipinski definition) is 4. The largest absolute Gasteiger partial charge is 0.458 e. The molecule has 0 aliphatic rings. The van der Waals surface area contributed by atoms with Gasteiger partial charge in [0.05, 0.1) is 0 Å². The topological polar surface area (TPSA) is 52.1 Å². The Hall–Kier alpha value is -1.92. The molecule has 0 spiro atoms. The highest BCUT2D eigenvalue weighted by atomic mass is 19.2. The molecule has 0 aromatic carbocycles. The average molecular weight is 218 g/mol. The van der Waals surface area contributed by atoms with E-state index in [4.69, 9.17) is 0 Å². The highest BCUT2D eigenvalue weighted by Gasteiger charge is 2.22. The molecule has 0 saturated heterocycles. The minimum absolute atomic E-state index is 0.227. The summed E-state index contributed by atoms with van der Waals surface area (Å²) in [7, 11) is 0. The van der Waals surface area contributed by atoms with Gasteiger partial charge < -0.3 is 4.74 Å². The molecule has 15 heavy (non-hydrogen) atoms. The van der Waals surface area contributed by atoms with Gasteiger partial charge in [-0.3, -0.25) is 0 Å². The van der Waals surface area contributed by atoms with Crippen molar-refractivity contribution >= 4 is 5.97 Å². The second kappa shape index (κ2) is 4.54. The molecule has 1 rings (SSSR count). The fourth-order valence-corrected chi connectivity index (χ4v) is 0.759. The molecular weight excluding hydrogens is 213 g/mol. The molecule has 7 heteroatoms. The molecule has 0 aliphatic carbocycles. The van der Waals surface area contributed by atoms with Crippen molar-refractivity contribution in [3.8, 4) is 0 Å². The normalized spacial score (nSPS) is 9.80. The first-order valence-corrected chi connectivity index (χ1v) is 3.72. The minimum Gasteiger partial charge on any atom is -0.458 e. The lowest BCUT2D eigenvalue weighted by atomic mass is 10.3. The summed E-state index contributed by atoms with van der Waals surface area (Å²) in [5, 5.41) is 0. The Morgan fingerprint density at radius 1 is 1.33 bits per heavy atom. The van der Waals surface area contributed by atoms with Crippen LogP contribution < -0.4 is 0 Å². The molecular formula is C8H5F3N2O2. The molecule has 0 atom stereocenters. The molecule has 1 aromatic rings. The first kappa shape index (κ1) is 11.2. The fourth-order valence-electron chi connectivity index (χ4n) is 0.759. The van der Waals surface area contributed by atoms with E-state index in [2.05, 4.69) is 21.3 Å². The Kier molecular flexibility index (Phi) is 3.37. The van der Waals surface area contributed by atoms with Gasteiger partial charge in [-0.1, -0.05) is 12.7 Å². The first-order valence-electron chi connectivity index (χ1n) is 3.72. The molecule has 0 unspecified atom stereocenters. The molecule has 0 radical (unpaired) electrons. The number of aromatic nitrogens is 2. The number of carbonyl (C=O) groups is 1. The van der Waals surface area contributed by atoms with Crippen LogP contribution in [0.25, 0.3) is 0 Å². The zero-order valence-electron chi connectivity index (χ0n) is 7.34. The van der Waals surface area contributed by atoms with Crippen molar-refractivity contribution in [2.75, 3.05) is 6.61 Å². The third kappa shape index (κ3) is 2.52. The second-order valence-electron chi connectivity index (χ2n) is 2.34. The summed E-state index contributed by atoms with van der Waals surface area (Å²) in [4.78, 5) is 16.1. The standard InChI is InChI=1S/C8H5F3N2O2/c1-2-3-15-7(14)4-5(9)12-8(11)13-6(4)10/h2H,1,3H2. The van der Waals surface area contributed by atoms with E-state index in [1.54, 1.807) is 0 Å². The quantitative estimate of drug-likeness (QED) is 0.331. The van der Waals surface area contributed by atoms with E-state index in [-0.39, 0.29) is 6.61 Å². The zero-order chi connectivity index (χ0) is 11.4. The van der Waals surface area contributed by atoms with Crippen LogP contribution in [-0.4, -0.2) is 22.5 Å². The Bertz CT molecular complexity index is 386. The maximum atomic E-state index is 12.8. The highest BCUT2D eigenvalue weighted by Crippen LogP contribution is 2.10. The predicted octanol–water partition coefficient (Wildman–Crippen LogP) is 1.24. The molecule has 4 nitrogen and oxygen atoms in total. The molecule has 80 valence electrons. The molecule has 1 heterocycles. The summed E-state index contributed by atoms with van der Waals surface area (Å²) < 4.78 is 42.3. The Morgan fingerprint density at radius 3 is 2.33 bits per heavy atom. The van der Waals surface area contributed by atoms with Crippen LogP contribution in [0.3, 0.4) is 0 Å². The number of halogens is 3. The van der Waals surface area contributed by atoms with Crippen LogP contribution in [0, 0.1) is 18.0 Å². The molecule has 0 bridgehead atoms. The molecule has 0 amide bonds. The summed E-state index contributed by atoms with van der Waals surface area (Å²) in [6.07, 6.45) is -0.386. The lowest BCUT2D eigenvalue weighted by Gasteiger charge is -2.02. The summed E-state index contributed by atoms with van der Waals surface area (Å²) in [5.41, 5.74) is -1.13. The van der Waals surface area contributed by atoms with Gasteiger partial charge in [0.2, 0.25) is 11.9 Å². The van der Waals surface area contributed by atoms with Crippen molar-refractivity contribution in [1.29, 1.82) is 0 Å². The Morgan fingerprint density at radius 2 is 1.87 bits per heavy atom. The van der Waals surface area contributed by atoms with Gasteiger partial charge in [-0.25, -0.2) is 4.79 Å². The van der Waals surface area contributed by atoms with Gasteiger partial charge in [0, 0.05) is 0 Å². The molecule has 0 fully saturated rings. The number of ether oxygens (including phenoxy) is 1. The van der Waals surface area contributed by atoms with Crippen molar-refractivity contribution < 1.29 is 22.7 Å². The van der Waals surface area contributed by atoms with Crippen LogP contribution in [0.4, 0.5) is 13.2 Å². The van der Waals surface area contributed by atoms with Crippen LogP contribution in [0.5, 0.6) is 0 Å². The lowest BCUT2D eigenvalue weighted by Crippen LogP contribution is -2.14. The average Bonchev–Trinajstić information content (AvgIpc) is 2.12. The number of carbonyl (C=O) groups excluding carboxylic acids is 1. The third-order valence-corrected chi connectivity index (χ3v) is 1.33. The van der Waals surface area contributed by atoms with E-state index in [0.717, 1.165) is 0 Å². The van der Waals surface area contributed by atoms with Crippen LogP contribution >= 0.6 is 0 Å². The van der Waals surface area contributed by atoms with Crippen LogP contribution in [0.1, 0.15) is 10.4 Å². The van der Waals surface area contributed by atoms with Gasteiger partial charge in [0.25, 0.3) is 0 Å². The van der Waals surface area contributed by atoms with Gasteiger partial charge in [-0.2, -0.15) is 23.1 Å². The maximum Gasteiger partial charge on any atom is 0.347 e. The van der Waals surface area contributed by atoms with Gasteiger partial charge in [-0.15, -0.1) is 0 Å².